The van der Waals surface area contributed by atoms with Crippen LogP contribution in [0, 0.1) is 0 Å². The van der Waals surface area contributed by atoms with Gasteiger partial charge in [-0.3, -0.25) is 14.2 Å². The predicted molar refractivity (Wildman–Crippen MR) is 171 cm³/mol. The lowest BCUT2D eigenvalue weighted by atomic mass is 9.87. The van der Waals surface area contributed by atoms with E-state index in [2.05, 4.69) is 17.0 Å². The Bertz CT molecular complexity index is 1500. The summed E-state index contributed by atoms with van der Waals surface area (Å²) in [5.41, 5.74) is 6.14. The summed E-state index contributed by atoms with van der Waals surface area (Å²) in [4.78, 5) is 15.9. The van der Waals surface area contributed by atoms with E-state index in [1.165, 1.54) is 4.90 Å². The van der Waals surface area contributed by atoms with Crippen LogP contribution in [0.1, 0.15) is 68.7 Å². The number of hydrogen-bond acceptors (Lipinski definition) is 4. The number of phenols is 1. The van der Waals surface area contributed by atoms with Crippen molar-refractivity contribution in [3.05, 3.63) is 87.9 Å². The standard InChI is InChI=1S/C35H40ClFN2O4/c1-35(2,3)39(34(41)42)25-10-14-29-24(20-25)6-4-7-31(30-15-11-26(40)21-32(30)36)33(29)23-8-12-27(13-9-23)43-28-16-19-38(22-28)18-5-17-37/h8-15,20-21,28,40H,4-7,16-19,22H2,1-3H3,(H,41,42)/t28-/m0/s1. The number of carbonyl (C=O) groups is 1. The summed E-state index contributed by atoms with van der Waals surface area (Å²) in [6, 6.07) is 19.1. The van der Waals surface area contributed by atoms with Crippen molar-refractivity contribution in [3.8, 4) is 11.5 Å². The molecule has 0 unspecified atom stereocenters. The molecule has 0 saturated carbocycles. The zero-order chi connectivity index (χ0) is 30.7. The maximum Gasteiger partial charge on any atom is 0.412 e. The SMILES string of the molecule is CC(C)(C)N(C(=O)O)c1ccc2c(c1)CCCC(c1ccc(O)cc1Cl)=C2c1ccc(O[C@H]2CCN(CCCF)C2)cc1. The normalized spacial score (nSPS) is 17.5. The van der Waals surface area contributed by atoms with Gasteiger partial charge in [0.2, 0.25) is 0 Å². The number of phenolic OH excluding ortho intramolecular Hbond substituents is 1. The van der Waals surface area contributed by atoms with Crippen molar-refractivity contribution < 1.29 is 24.1 Å². The molecule has 6 nitrogen and oxygen atoms in total. The molecule has 8 heteroatoms. The van der Waals surface area contributed by atoms with Crippen LogP contribution in [-0.4, -0.2) is 59.2 Å². The Balaban J connectivity index is 1.54. The molecular formula is C35H40ClFN2O4. The molecule has 2 aliphatic rings. The van der Waals surface area contributed by atoms with Crippen molar-refractivity contribution in [2.24, 2.45) is 0 Å². The molecule has 43 heavy (non-hydrogen) atoms. The molecular weight excluding hydrogens is 567 g/mol. The van der Waals surface area contributed by atoms with E-state index in [1.54, 1.807) is 12.1 Å². The predicted octanol–water partition coefficient (Wildman–Crippen LogP) is 8.44. The molecule has 1 heterocycles. The average Bonchev–Trinajstić information content (AvgIpc) is 3.30. The first kappa shape index (κ1) is 30.9. The molecule has 0 aromatic heterocycles. The van der Waals surface area contributed by atoms with Gasteiger partial charge in [0.1, 0.15) is 17.6 Å². The number of carboxylic acid groups (broad SMARTS) is 1. The van der Waals surface area contributed by atoms with E-state index in [1.807, 2.05) is 57.2 Å². The van der Waals surface area contributed by atoms with Crippen molar-refractivity contribution >= 4 is 34.5 Å². The van der Waals surface area contributed by atoms with Crippen molar-refractivity contribution in [1.82, 2.24) is 4.90 Å². The van der Waals surface area contributed by atoms with Gasteiger partial charge in [-0.25, -0.2) is 4.79 Å². The van der Waals surface area contributed by atoms with Crippen LogP contribution in [0.2, 0.25) is 5.02 Å². The lowest BCUT2D eigenvalue weighted by Crippen LogP contribution is -2.45. The van der Waals surface area contributed by atoms with Gasteiger partial charge in [-0.05, 0) is 129 Å². The number of aromatic hydroxyl groups is 1. The first-order valence-electron chi connectivity index (χ1n) is 15.0. The van der Waals surface area contributed by atoms with Crippen LogP contribution in [-0.2, 0) is 6.42 Å². The maximum absolute atomic E-state index is 12.6. The number of amides is 1. The Kier molecular flexibility index (Phi) is 9.33. The Morgan fingerprint density at radius 3 is 2.49 bits per heavy atom. The maximum atomic E-state index is 12.6. The molecule has 1 atom stereocenters. The first-order valence-corrected chi connectivity index (χ1v) is 15.4. The lowest BCUT2D eigenvalue weighted by molar-refractivity contribution is 0.195. The largest absolute Gasteiger partial charge is 0.508 e. The molecule has 0 bridgehead atoms. The van der Waals surface area contributed by atoms with E-state index in [-0.39, 0.29) is 18.5 Å². The molecule has 1 aliphatic carbocycles. The summed E-state index contributed by atoms with van der Waals surface area (Å²) in [5.74, 6) is 0.902. The number of alkyl halides is 1. The van der Waals surface area contributed by atoms with Gasteiger partial charge in [-0.15, -0.1) is 0 Å². The second-order valence-electron chi connectivity index (χ2n) is 12.4. The smallest absolute Gasteiger partial charge is 0.412 e. The second-order valence-corrected chi connectivity index (χ2v) is 12.8. The van der Waals surface area contributed by atoms with E-state index in [4.69, 9.17) is 16.3 Å². The molecule has 5 rings (SSSR count). The van der Waals surface area contributed by atoms with Crippen LogP contribution in [0.15, 0.2) is 60.7 Å². The second kappa shape index (κ2) is 13.0. The molecule has 1 aliphatic heterocycles. The number of allylic oxidation sites excluding steroid dienone is 1. The van der Waals surface area contributed by atoms with Crippen LogP contribution >= 0.6 is 11.6 Å². The van der Waals surface area contributed by atoms with E-state index in [9.17, 15) is 19.4 Å². The third-order valence-electron chi connectivity index (χ3n) is 8.21. The minimum Gasteiger partial charge on any atom is -0.508 e. The fourth-order valence-corrected chi connectivity index (χ4v) is 6.61. The number of fused-ring (bicyclic) bond motifs is 1. The fourth-order valence-electron chi connectivity index (χ4n) is 6.32. The van der Waals surface area contributed by atoms with Gasteiger partial charge in [0.15, 0.2) is 0 Å². The summed E-state index contributed by atoms with van der Waals surface area (Å²) < 4.78 is 18.9. The van der Waals surface area contributed by atoms with Crippen molar-refractivity contribution in [2.45, 2.75) is 64.5 Å². The number of likely N-dealkylation sites (tertiary alicyclic amines) is 1. The highest BCUT2D eigenvalue weighted by atomic mass is 35.5. The highest BCUT2D eigenvalue weighted by Gasteiger charge is 2.30. The molecule has 0 radical (unpaired) electrons. The van der Waals surface area contributed by atoms with Crippen LogP contribution < -0.4 is 9.64 Å². The Labute approximate surface area is 258 Å². The van der Waals surface area contributed by atoms with Crippen LogP contribution in [0.4, 0.5) is 14.9 Å². The molecule has 1 saturated heterocycles. The Hall–Kier alpha value is -3.55. The van der Waals surface area contributed by atoms with E-state index < -0.39 is 11.6 Å². The zero-order valence-corrected chi connectivity index (χ0v) is 25.8. The zero-order valence-electron chi connectivity index (χ0n) is 25.1. The van der Waals surface area contributed by atoms with E-state index >= 15 is 0 Å². The van der Waals surface area contributed by atoms with Gasteiger partial charge < -0.3 is 14.9 Å². The van der Waals surface area contributed by atoms with Gasteiger partial charge >= 0.3 is 6.09 Å². The number of nitrogens with zero attached hydrogens (tertiary/aromatic N) is 2. The topological polar surface area (TPSA) is 73.2 Å². The van der Waals surface area contributed by atoms with Gasteiger partial charge in [0.05, 0.1) is 11.7 Å². The third kappa shape index (κ3) is 7.00. The van der Waals surface area contributed by atoms with Gasteiger partial charge in [-0.1, -0.05) is 29.8 Å². The molecule has 228 valence electrons. The molecule has 1 fully saturated rings. The fraction of sp³-hybridized carbons (Fsp3) is 0.400. The molecule has 1 amide bonds. The number of halogens is 2. The van der Waals surface area contributed by atoms with Crippen LogP contribution in [0.5, 0.6) is 11.5 Å². The molecule has 3 aromatic rings. The average molecular weight is 607 g/mol. The van der Waals surface area contributed by atoms with E-state index in [0.717, 1.165) is 84.5 Å². The lowest BCUT2D eigenvalue weighted by Gasteiger charge is -2.33. The van der Waals surface area contributed by atoms with Crippen molar-refractivity contribution in [1.29, 1.82) is 0 Å². The van der Waals surface area contributed by atoms with Crippen molar-refractivity contribution in [2.75, 3.05) is 31.2 Å². The highest BCUT2D eigenvalue weighted by molar-refractivity contribution is 6.33. The number of ether oxygens (including phenoxy) is 1. The summed E-state index contributed by atoms with van der Waals surface area (Å²) in [6.07, 6.45) is 2.96. The van der Waals surface area contributed by atoms with Gasteiger partial charge in [0, 0.05) is 30.9 Å². The number of hydrogen-bond donors (Lipinski definition) is 2. The number of rotatable bonds is 8. The van der Waals surface area contributed by atoms with E-state index in [0.29, 0.717) is 17.1 Å². The number of aryl methyl sites for hydroxylation is 1. The molecule has 3 aromatic carbocycles. The Morgan fingerprint density at radius 1 is 1.07 bits per heavy atom. The summed E-state index contributed by atoms with van der Waals surface area (Å²) in [7, 11) is 0. The molecule has 0 spiro atoms. The van der Waals surface area contributed by atoms with Crippen LogP contribution in [0.3, 0.4) is 0 Å². The third-order valence-corrected chi connectivity index (χ3v) is 8.53. The summed E-state index contributed by atoms with van der Waals surface area (Å²) in [5, 5.41) is 20.6. The van der Waals surface area contributed by atoms with Crippen molar-refractivity contribution in [3.63, 3.8) is 0 Å². The summed E-state index contributed by atoms with van der Waals surface area (Å²) in [6.45, 7) is 7.84. The van der Waals surface area contributed by atoms with Gasteiger partial charge in [-0.2, -0.15) is 0 Å². The highest BCUT2D eigenvalue weighted by Crippen LogP contribution is 2.43. The molecule has 2 N–H and O–H groups in total. The quantitative estimate of drug-likeness (QED) is 0.269. The monoisotopic (exact) mass is 606 g/mol. The van der Waals surface area contributed by atoms with Crippen LogP contribution in [0.25, 0.3) is 11.1 Å². The van der Waals surface area contributed by atoms with Gasteiger partial charge in [0.25, 0.3) is 0 Å². The number of anilines is 1. The minimum absolute atomic E-state index is 0.0769. The Morgan fingerprint density at radius 2 is 1.81 bits per heavy atom. The number of benzene rings is 3. The summed E-state index contributed by atoms with van der Waals surface area (Å²) >= 11 is 6.70. The minimum atomic E-state index is -0.989. The first-order chi connectivity index (χ1) is 20.5.